The SMILES string of the molecule is COC1=CCCC(OC)=C1c1cc(C(=O)NC2(C(=O)N=O)C3CC4CC(C3)CC2C4)nn1-c1ccc(C(=O)N(C)CCCN(C)CCCN(C)C(=O)CN2CCN(CC=O)CCN(CC(=O)O)CCN(CC(=O)N=O)CC2)cc1C(C)C. The van der Waals surface area contributed by atoms with Crippen LogP contribution in [0.25, 0.3) is 11.3 Å². The second-order valence-electron chi connectivity index (χ2n) is 23.3. The van der Waals surface area contributed by atoms with Gasteiger partial charge in [-0.05, 0) is 137 Å². The smallest absolute Gasteiger partial charge is 0.317 e. The third-order valence-electron chi connectivity index (χ3n) is 17.5. The van der Waals surface area contributed by atoms with Crippen molar-refractivity contribution in [3.63, 3.8) is 0 Å². The number of likely N-dealkylation sites (N-methyl/N-ethyl adjacent to an activating group) is 1. The maximum absolute atomic E-state index is 14.6. The van der Waals surface area contributed by atoms with Crippen molar-refractivity contribution in [1.82, 2.24) is 49.4 Å². The van der Waals surface area contributed by atoms with Crippen LogP contribution in [-0.2, 0) is 33.4 Å². The van der Waals surface area contributed by atoms with Gasteiger partial charge in [0.25, 0.3) is 17.7 Å². The maximum Gasteiger partial charge on any atom is 0.317 e. The quantitative estimate of drug-likeness (QED) is 0.105. The maximum atomic E-state index is 14.6. The first-order valence-corrected chi connectivity index (χ1v) is 28.9. The van der Waals surface area contributed by atoms with Gasteiger partial charge in [-0.1, -0.05) is 13.8 Å². The Morgan fingerprint density at radius 3 is 1.90 bits per heavy atom. The van der Waals surface area contributed by atoms with Crippen molar-refractivity contribution in [2.24, 2.45) is 34.0 Å². The number of carboxylic acids is 1. The van der Waals surface area contributed by atoms with Crippen LogP contribution in [-0.4, -0.2) is 237 Å². The number of benzene rings is 1. The van der Waals surface area contributed by atoms with E-state index in [1.807, 2.05) is 48.9 Å². The minimum atomic E-state index is -1.39. The zero-order chi connectivity index (χ0) is 59.3. The third-order valence-corrected chi connectivity index (χ3v) is 17.5. The first kappa shape index (κ1) is 63.0. The Balaban J connectivity index is 0.968. The molecule has 0 spiro atoms. The molecule has 5 amide bonds. The summed E-state index contributed by atoms with van der Waals surface area (Å²) in [4.78, 5) is 127. The van der Waals surface area contributed by atoms with Gasteiger partial charge < -0.3 is 39.4 Å². The normalized spacial score (nSPS) is 22.9. The molecule has 2 N–H and O–H groups in total. The lowest BCUT2D eigenvalue weighted by molar-refractivity contribution is -0.142. The second kappa shape index (κ2) is 29.1. The van der Waals surface area contributed by atoms with Gasteiger partial charge in [-0.25, -0.2) is 4.68 Å². The van der Waals surface area contributed by atoms with Gasteiger partial charge in [0, 0.05) is 102 Å². The molecule has 1 saturated heterocycles. The van der Waals surface area contributed by atoms with E-state index in [0.29, 0.717) is 150 Å². The van der Waals surface area contributed by atoms with Gasteiger partial charge in [-0.15, -0.1) is 9.81 Å². The number of rotatable bonds is 25. The number of carbonyl (C=O) groups is 7. The number of methoxy groups -OCH3 is 2. The molecule has 1 aromatic carbocycles. The Labute approximate surface area is 480 Å². The molecule has 5 fully saturated rings. The van der Waals surface area contributed by atoms with Crippen molar-refractivity contribution in [3.05, 3.63) is 74.2 Å². The van der Waals surface area contributed by atoms with Crippen LogP contribution >= 0.6 is 0 Å². The molecule has 2 aromatic rings. The summed E-state index contributed by atoms with van der Waals surface area (Å²) < 4.78 is 13.5. The second-order valence-corrected chi connectivity index (χ2v) is 23.3. The highest BCUT2D eigenvalue weighted by molar-refractivity contribution is 6.00. The van der Waals surface area contributed by atoms with Crippen molar-refractivity contribution in [1.29, 1.82) is 0 Å². The van der Waals surface area contributed by atoms with E-state index in [1.165, 1.54) is 0 Å². The van der Waals surface area contributed by atoms with Gasteiger partial charge in [-0.3, -0.25) is 48.4 Å². The molecule has 1 aromatic heterocycles. The van der Waals surface area contributed by atoms with E-state index in [4.69, 9.17) is 14.6 Å². The lowest BCUT2D eigenvalue weighted by Crippen LogP contribution is -2.69. The van der Waals surface area contributed by atoms with Gasteiger partial charge in [0.2, 0.25) is 5.91 Å². The molecule has 0 unspecified atom stereocenters. The molecule has 8 rings (SSSR count). The number of hydrogen-bond donors (Lipinski definition) is 2. The molecule has 5 aliphatic carbocycles. The van der Waals surface area contributed by atoms with Crippen LogP contribution in [0, 0.1) is 33.5 Å². The van der Waals surface area contributed by atoms with Crippen LogP contribution in [0.4, 0.5) is 0 Å². The number of hydrogen-bond acceptors (Lipinski definition) is 17. The minimum absolute atomic E-state index is 0.0450. The lowest BCUT2D eigenvalue weighted by atomic mass is 9.48. The highest BCUT2D eigenvalue weighted by atomic mass is 16.5. The van der Waals surface area contributed by atoms with Crippen LogP contribution in [0.2, 0.25) is 0 Å². The Bertz CT molecular complexity index is 2700. The number of carboxylic acid groups (broad SMARTS) is 1. The first-order valence-electron chi connectivity index (χ1n) is 28.9. The number of aldehydes is 1. The Hall–Kier alpha value is -6.60. The minimum Gasteiger partial charge on any atom is -0.500 e. The predicted octanol–water partition coefficient (Wildman–Crippen LogP) is 3.94. The molecular formula is C58H84N12O12. The molecule has 4 bridgehead atoms. The highest BCUT2D eigenvalue weighted by Gasteiger charge is 2.62. The molecule has 24 heteroatoms. The summed E-state index contributed by atoms with van der Waals surface area (Å²) in [7, 11) is 8.71. The number of nitrogens with one attached hydrogen (secondary N) is 1. The number of allylic oxidation sites excluding steroid dienone is 3. The molecule has 1 aliphatic heterocycles. The van der Waals surface area contributed by atoms with Crippen molar-refractivity contribution in [3.8, 4) is 5.69 Å². The lowest BCUT2D eigenvalue weighted by Gasteiger charge is -2.59. The largest absolute Gasteiger partial charge is 0.500 e. The average Bonchev–Trinajstić information content (AvgIpc) is 1.36. The number of aliphatic carboxylic acids is 1. The number of nitroso groups, excluding NO2 is 2. The Kier molecular flexibility index (Phi) is 22.3. The topological polar surface area (TPSA) is 270 Å². The third kappa shape index (κ3) is 15.3. The Morgan fingerprint density at radius 2 is 1.35 bits per heavy atom. The molecular weight excluding hydrogens is 1060 g/mol. The summed E-state index contributed by atoms with van der Waals surface area (Å²) in [5, 5.41) is 23.0. The zero-order valence-electron chi connectivity index (χ0n) is 48.9. The molecule has 448 valence electrons. The summed E-state index contributed by atoms with van der Waals surface area (Å²) in [6.07, 6.45) is 9.56. The van der Waals surface area contributed by atoms with E-state index in [9.17, 15) is 48.5 Å². The molecule has 0 atom stereocenters. The van der Waals surface area contributed by atoms with Gasteiger partial charge in [0.05, 0.1) is 57.4 Å². The van der Waals surface area contributed by atoms with Crippen molar-refractivity contribution in [2.75, 3.05) is 140 Å². The van der Waals surface area contributed by atoms with Crippen LogP contribution in [0.5, 0.6) is 0 Å². The zero-order valence-corrected chi connectivity index (χ0v) is 48.9. The molecule has 4 saturated carbocycles. The number of aromatic nitrogens is 2. The van der Waals surface area contributed by atoms with Crippen LogP contribution in [0.15, 0.2) is 52.2 Å². The van der Waals surface area contributed by atoms with Gasteiger partial charge in [0.1, 0.15) is 23.3 Å². The standard InChI is InChI=1S/C58H84N12O12/c1-39(2)45-34-42(13-14-47(45)70-48(54-49(81-6)11-8-12-50(54)82-7)35-46(60-70)55(76)59-58(57(78)62-80)43-30-40-29-41(32-43)33-44(58)31-40)56(77)65(5)18-10-16-63(3)15-9-17-64(4)52(73)37-68-21-19-66(27-28-71)20-22-69(38-53(74)75)26-24-67(23-25-68)36-51(72)61-79/h11,13-14,28,34-35,39-41,43-44H,8-10,12,15-27,29-33,36-38H2,1-7H3,(H,59,76)(H,74,75). The summed E-state index contributed by atoms with van der Waals surface area (Å²) in [5.74, 6) is -1.83. The number of nitrogens with zero attached hydrogens (tertiary/aromatic N) is 11. The number of ether oxygens (including phenoxy) is 2. The van der Waals surface area contributed by atoms with Crippen molar-refractivity contribution < 1.29 is 48.1 Å². The van der Waals surface area contributed by atoms with E-state index in [1.54, 1.807) is 64.7 Å². The van der Waals surface area contributed by atoms with Crippen molar-refractivity contribution >= 4 is 47.4 Å². The van der Waals surface area contributed by atoms with E-state index in [-0.39, 0.29) is 61.4 Å². The van der Waals surface area contributed by atoms with Crippen molar-refractivity contribution in [2.45, 2.75) is 83.1 Å². The number of amides is 5. The van der Waals surface area contributed by atoms with Gasteiger partial charge in [0.15, 0.2) is 5.69 Å². The van der Waals surface area contributed by atoms with E-state index < -0.39 is 29.2 Å². The van der Waals surface area contributed by atoms with E-state index in [0.717, 1.165) is 44.0 Å². The fraction of sp³-hybridized carbons (Fsp3) is 0.655. The molecule has 24 nitrogen and oxygen atoms in total. The average molecular weight is 1140 g/mol. The fourth-order valence-electron chi connectivity index (χ4n) is 13.2. The van der Waals surface area contributed by atoms with Crippen LogP contribution < -0.4 is 5.32 Å². The predicted molar refractivity (Wildman–Crippen MR) is 306 cm³/mol. The molecule has 82 heavy (non-hydrogen) atoms. The van der Waals surface area contributed by atoms with Crippen LogP contribution in [0.3, 0.4) is 0 Å². The van der Waals surface area contributed by atoms with E-state index in [2.05, 4.69) is 20.6 Å². The summed E-state index contributed by atoms with van der Waals surface area (Å²) in [6, 6.07) is 7.14. The summed E-state index contributed by atoms with van der Waals surface area (Å²) in [6.45, 7) is 9.29. The monoisotopic (exact) mass is 1140 g/mol. The molecule has 0 radical (unpaired) electrons. The fourth-order valence-corrected chi connectivity index (χ4v) is 13.2. The Morgan fingerprint density at radius 1 is 0.768 bits per heavy atom. The highest BCUT2D eigenvalue weighted by Crippen LogP contribution is 2.58. The first-order chi connectivity index (χ1) is 39.3. The number of carbonyl (C=O) groups excluding carboxylic acids is 6. The summed E-state index contributed by atoms with van der Waals surface area (Å²) in [5.41, 5.74) is 1.71. The van der Waals surface area contributed by atoms with Gasteiger partial charge in [-0.2, -0.15) is 5.10 Å². The van der Waals surface area contributed by atoms with Gasteiger partial charge >= 0.3 is 11.9 Å². The summed E-state index contributed by atoms with van der Waals surface area (Å²) >= 11 is 0. The molecule has 6 aliphatic rings. The van der Waals surface area contributed by atoms with Crippen LogP contribution in [0.1, 0.15) is 110 Å². The van der Waals surface area contributed by atoms with E-state index >= 15 is 0 Å². The molecule has 2 heterocycles.